The maximum Gasteiger partial charge on any atom is 0.147 e. The Morgan fingerprint density at radius 1 is 1.17 bits per heavy atom. The SMILES string of the molecule is Clc1cccc([C@@H](NCc2nnc3n2CCCC3)C2CCCC2)c1. The van der Waals surface area contributed by atoms with Gasteiger partial charge in [-0.05, 0) is 49.3 Å². The van der Waals surface area contributed by atoms with E-state index in [0.29, 0.717) is 12.0 Å². The summed E-state index contributed by atoms with van der Waals surface area (Å²) in [6, 6.07) is 8.66. The number of halogens is 1. The molecule has 1 saturated carbocycles. The molecule has 1 aliphatic heterocycles. The number of rotatable bonds is 5. The average Bonchev–Trinajstić information content (AvgIpc) is 3.26. The number of hydrogen-bond acceptors (Lipinski definition) is 3. The van der Waals surface area contributed by atoms with E-state index in [1.807, 2.05) is 6.07 Å². The molecule has 2 heterocycles. The van der Waals surface area contributed by atoms with Gasteiger partial charge in [0.2, 0.25) is 0 Å². The number of aromatic nitrogens is 3. The normalized spacial score (nSPS) is 19.4. The molecule has 5 heteroatoms. The molecule has 0 radical (unpaired) electrons. The lowest BCUT2D eigenvalue weighted by Gasteiger charge is -2.26. The first kappa shape index (κ1) is 16.1. The number of fused-ring (bicyclic) bond motifs is 1. The summed E-state index contributed by atoms with van der Waals surface area (Å²) in [6.07, 6.45) is 8.79. The number of benzene rings is 1. The largest absolute Gasteiger partial charge is 0.314 e. The highest BCUT2D eigenvalue weighted by atomic mass is 35.5. The lowest BCUT2D eigenvalue weighted by molar-refractivity contribution is 0.358. The van der Waals surface area contributed by atoms with Gasteiger partial charge in [-0.3, -0.25) is 0 Å². The van der Waals surface area contributed by atoms with Gasteiger partial charge in [0.25, 0.3) is 0 Å². The molecule has 1 aromatic carbocycles. The van der Waals surface area contributed by atoms with E-state index in [4.69, 9.17) is 11.6 Å². The van der Waals surface area contributed by atoms with Crippen molar-refractivity contribution in [1.82, 2.24) is 20.1 Å². The van der Waals surface area contributed by atoms with Crippen LogP contribution in [0.5, 0.6) is 0 Å². The Labute approximate surface area is 148 Å². The molecule has 1 fully saturated rings. The number of aryl methyl sites for hydroxylation is 1. The summed E-state index contributed by atoms with van der Waals surface area (Å²) >= 11 is 6.24. The molecular weight excluding hydrogens is 320 g/mol. The van der Waals surface area contributed by atoms with Crippen LogP contribution >= 0.6 is 11.6 Å². The predicted octanol–water partition coefficient (Wildman–Crippen LogP) is 4.29. The Morgan fingerprint density at radius 2 is 2.04 bits per heavy atom. The van der Waals surface area contributed by atoms with Crippen LogP contribution < -0.4 is 5.32 Å². The molecule has 1 atom stereocenters. The monoisotopic (exact) mass is 344 g/mol. The second kappa shape index (κ2) is 7.24. The van der Waals surface area contributed by atoms with Crippen molar-refractivity contribution in [3.05, 3.63) is 46.5 Å². The first-order chi connectivity index (χ1) is 11.8. The van der Waals surface area contributed by atoms with Gasteiger partial charge in [-0.15, -0.1) is 10.2 Å². The second-order valence-corrected chi connectivity index (χ2v) is 7.54. The highest BCUT2D eigenvalue weighted by Gasteiger charge is 2.27. The van der Waals surface area contributed by atoms with Gasteiger partial charge in [-0.2, -0.15) is 0 Å². The van der Waals surface area contributed by atoms with Crippen LogP contribution in [0.2, 0.25) is 5.02 Å². The Bertz CT molecular complexity index is 690. The average molecular weight is 345 g/mol. The van der Waals surface area contributed by atoms with Crippen LogP contribution in [0.15, 0.2) is 24.3 Å². The maximum absolute atomic E-state index is 6.24. The Morgan fingerprint density at radius 3 is 2.88 bits per heavy atom. The fourth-order valence-electron chi connectivity index (χ4n) is 4.25. The lowest BCUT2D eigenvalue weighted by atomic mass is 9.91. The van der Waals surface area contributed by atoms with Crippen LogP contribution in [-0.4, -0.2) is 14.8 Å². The van der Waals surface area contributed by atoms with Crippen molar-refractivity contribution in [1.29, 1.82) is 0 Å². The number of nitrogens with zero attached hydrogens (tertiary/aromatic N) is 3. The van der Waals surface area contributed by atoms with E-state index in [1.54, 1.807) is 0 Å². The lowest BCUT2D eigenvalue weighted by Crippen LogP contribution is -2.28. The van der Waals surface area contributed by atoms with E-state index in [0.717, 1.165) is 36.2 Å². The van der Waals surface area contributed by atoms with Crippen molar-refractivity contribution in [2.24, 2.45) is 5.92 Å². The summed E-state index contributed by atoms with van der Waals surface area (Å²) in [5.74, 6) is 2.92. The third kappa shape index (κ3) is 3.35. The number of nitrogens with one attached hydrogen (secondary N) is 1. The summed E-state index contributed by atoms with van der Waals surface area (Å²) in [6.45, 7) is 1.84. The first-order valence-electron chi connectivity index (χ1n) is 9.21. The van der Waals surface area contributed by atoms with E-state index in [2.05, 4.69) is 38.3 Å². The van der Waals surface area contributed by atoms with Gasteiger partial charge in [0, 0.05) is 24.0 Å². The van der Waals surface area contributed by atoms with Gasteiger partial charge >= 0.3 is 0 Å². The first-order valence-corrected chi connectivity index (χ1v) is 9.59. The summed E-state index contributed by atoms with van der Waals surface area (Å²) in [5, 5.41) is 13.4. The van der Waals surface area contributed by atoms with Gasteiger partial charge in [-0.25, -0.2) is 0 Å². The summed E-state index contributed by atoms with van der Waals surface area (Å²) in [7, 11) is 0. The number of hydrogen-bond donors (Lipinski definition) is 1. The molecule has 1 aliphatic carbocycles. The van der Waals surface area contributed by atoms with Crippen LogP contribution in [0, 0.1) is 5.92 Å². The summed E-state index contributed by atoms with van der Waals surface area (Å²) in [5.41, 5.74) is 1.30. The molecule has 24 heavy (non-hydrogen) atoms. The van der Waals surface area contributed by atoms with E-state index < -0.39 is 0 Å². The fraction of sp³-hybridized carbons (Fsp3) is 0.579. The Kier molecular flexibility index (Phi) is 4.86. The standard InChI is InChI=1S/C19H25ClN4/c20-16-9-5-8-15(12-16)19(14-6-1-2-7-14)21-13-18-23-22-17-10-3-4-11-24(17)18/h5,8-9,12,14,19,21H,1-4,6-7,10-11,13H2/t19-/m0/s1. The van der Waals surface area contributed by atoms with Crippen molar-refractivity contribution in [3.8, 4) is 0 Å². The maximum atomic E-state index is 6.24. The molecule has 4 rings (SSSR count). The fourth-order valence-corrected chi connectivity index (χ4v) is 4.45. The minimum atomic E-state index is 0.350. The second-order valence-electron chi connectivity index (χ2n) is 7.10. The minimum absolute atomic E-state index is 0.350. The molecular formula is C19H25ClN4. The van der Waals surface area contributed by atoms with Crippen LogP contribution in [0.25, 0.3) is 0 Å². The summed E-state index contributed by atoms with van der Waals surface area (Å²) in [4.78, 5) is 0. The minimum Gasteiger partial charge on any atom is -0.314 e. The molecule has 128 valence electrons. The van der Waals surface area contributed by atoms with Crippen LogP contribution in [0.4, 0.5) is 0 Å². The zero-order chi connectivity index (χ0) is 16.4. The third-order valence-corrected chi connectivity index (χ3v) is 5.73. The highest BCUT2D eigenvalue weighted by molar-refractivity contribution is 6.30. The predicted molar refractivity (Wildman–Crippen MR) is 96.0 cm³/mol. The van der Waals surface area contributed by atoms with Gasteiger partial charge in [-0.1, -0.05) is 36.6 Å². The molecule has 2 aliphatic rings. The van der Waals surface area contributed by atoms with Crippen molar-refractivity contribution < 1.29 is 0 Å². The van der Waals surface area contributed by atoms with Crippen molar-refractivity contribution in [2.75, 3.05) is 0 Å². The van der Waals surface area contributed by atoms with Crippen molar-refractivity contribution in [2.45, 2.75) is 64.1 Å². The molecule has 0 spiro atoms. The quantitative estimate of drug-likeness (QED) is 0.879. The highest BCUT2D eigenvalue weighted by Crippen LogP contribution is 2.36. The smallest absolute Gasteiger partial charge is 0.147 e. The summed E-state index contributed by atoms with van der Waals surface area (Å²) < 4.78 is 2.31. The molecule has 0 bridgehead atoms. The molecule has 4 nitrogen and oxygen atoms in total. The van der Waals surface area contributed by atoms with E-state index in [1.165, 1.54) is 44.1 Å². The van der Waals surface area contributed by atoms with Gasteiger partial charge in [0.15, 0.2) is 0 Å². The third-order valence-electron chi connectivity index (χ3n) is 5.50. The van der Waals surface area contributed by atoms with Crippen molar-refractivity contribution >= 4 is 11.6 Å². The molecule has 2 aromatic rings. The topological polar surface area (TPSA) is 42.7 Å². The van der Waals surface area contributed by atoms with Gasteiger partial charge in [0.05, 0.1) is 6.54 Å². The van der Waals surface area contributed by atoms with Crippen LogP contribution in [-0.2, 0) is 19.5 Å². The van der Waals surface area contributed by atoms with Crippen molar-refractivity contribution in [3.63, 3.8) is 0 Å². The van der Waals surface area contributed by atoms with Crippen LogP contribution in [0.1, 0.15) is 61.8 Å². The Balaban J connectivity index is 1.52. The van der Waals surface area contributed by atoms with E-state index >= 15 is 0 Å². The zero-order valence-electron chi connectivity index (χ0n) is 14.0. The van der Waals surface area contributed by atoms with Gasteiger partial charge < -0.3 is 9.88 Å². The molecule has 0 unspecified atom stereocenters. The zero-order valence-corrected chi connectivity index (χ0v) is 14.8. The van der Waals surface area contributed by atoms with Gasteiger partial charge in [0.1, 0.15) is 11.6 Å². The molecule has 0 amide bonds. The van der Waals surface area contributed by atoms with E-state index in [9.17, 15) is 0 Å². The molecule has 1 aromatic heterocycles. The molecule has 1 N–H and O–H groups in total. The van der Waals surface area contributed by atoms with E-state index in [-0.39, 0.29) is 0 Å². The molecule has 0 saturated heterocycles. The Hall–Kier alpha value is -1.39. The van der Waals surface area contributed by atoms with Crippen LogP contribution in [0.3, 0.4) is 0 Å².